The molecule has 0 aliphatic carbocycles. The molecule has 0 radical (unpaired) electrons. The summed E-state index contributed by atoms with van der Waals surface area (Å²) in [4.78, 5) is 12.4. The van der Waals surface area contributed by atoms with E-state index in [0.717, 1.165) is 5.69 Å². The van der Waals surface area contributed by atoms with Gasteiger partial charge in [0.2, 0.25) is 10.0 Å². The number of aromatic nitrogens is 3. The summed E-state index contributed by atoms with van der Waals surface area (Å²) in [7, 11) is -1.75. The average Bonchev–Trinajstić information content (AvgIpc) is 3.18. The van der Waals surface area contributed by atoms with Crippen LogP contribution in [0.2, 0.25) is 10.0 Å². The van der Waals surface area contributed by atoms with Gasteiger partial charge in [-0.1, -0.05) is 23.2 Å². The molecule has 7 nitrogen and oxygen atoms in total. The molecule has 0 atom stereocenters. The monoisotopic (exact) mass is 440 g/mol. The number of piperidine rings is 1. The van der Waals surface area contributed by atoms with Gasteiger partial charge in [0.1, 0.15) is 5.65 Å². The maximum Gasteiger partial charge on any atom is 0.274 e. The molecule has 0 spiro atoms. The Balaban J connectivity index is 1.57. The van der Waals surface area contributed by atoms with E-state index in [4.69, 9.17) is 23.2 Å². The van der Waals surface area contributed by atoms with Crippen molar-refractivity contribution in [1.82, 2.24) is 18.5 Å². The highest BCUT2D eigenvalue weighted by Gasteiger charge is 2.31. The summed E-state index contributed by atoms with van der Waals surface area (Å²) in [6, 6.07) is 7.71. The third-order valence-electron chi connectivity index (χ3n) is 5.23. The molecule has 4 rings (SSSR count). The van der Waals surface area contributed by atoms with Crippen LogP contribution in [0.25, 0.3) is 5.65 Å². The molecule has 10 heteroatoms. The van der Waals surface area contributed by atoms with Crippen molar-refractivity contribution in [2.75, 3.05) is 13.1 Å². The molecular weight excluding hydrogens is 423 g/mol. The molecule has 1 aliphatic heterocycles. The molecule has 1 fully saturated rings. The lowest BCUT2D eigenvalue weighted by Gasteiger charge is -2.32. The molecular formula is C18H18Cl2N4O3S. The number of halogens is 2. The van der Waals surface area contributed by atoms with Gasteiger partial charge in [0.15, 0.2) is 0 Å². The van der Waals surface area contributed by atoms with E-state index in [1.807, 2.05) is 11.6 Å². The Hall–Kier alpha value is -1.87. The number of benzene rings is 1. The Morgan fingerprint density at radius 1 is 1.07 bits per heavy atom. The van der Waals surface area contributed by atoms with E-state index in [9.17, 15) is 13.2 Å². The minimum absolute atomic E-state index is 0.0952. The predicted octanol–water partition coefficient (Wildman–Crippen LogP) is 2.91. The van der Waals surface area contributed by atoms with Crippen LogP contribution in [-0.4, -0.2) is 40.0 Å². The van der Waals surface area contributed by atoms with Crippen LogP contribution >= 0.6 is 23.2 Å². The highest BCUT2D eigenvalue weighted by Crippen LogP contribution is 2.32. The first-order valence-corrected chi connectivity index (χ1v) is 11.0. The molecule has 0 saturated carbocycles. The van der Waals surface area contributed by atoms with E-state index >= 15 is 0 Å². The first-order valence-electron chi connectivity index (χ1n) is 8.78. The summed E-state index contributed by atoms with van der Waals surface area (Å²) < 4.78 is 30.6. The third kappa shape index (κ3) is 3.24. The quantitative estimate of drug-likeness (QED) is 0.627. The van der Waals surface area contributed by atoms with Crippen molar-refractivity contribution in [1.29, 1.82) is 0 Å². The normalized spacial score (nSPS) is 16.7. The Morgan fingerprint density at radius 3 is 2.46 bits per heavy atom. The first-order chi connectivity index (χ1) is 13.3. The predicted molar refractivity (Wildman–Crippen MR) is 108 cm³/mol. The molecule has 0 N–H and O–H groups in total. The van der Waals surface area contributed by atoms with Crippen molar-refractivity contribution in [2.24, 2.45) is 7.05 Å². The third-order valence-corrected chi connectivity index (χ3v) is 7.87. The second-order valence-corrected chi connectivity index (χ2v) is 9.57. The largest absolute Gasteiger partial charge is 0.333 e. The van der Waals surface area contributed by atoms with Crippen molar-refractivity contribution >= 4 is 38.9 Å². The number of sulfonamides is 1. The molecule has 28 heavy (non-hydrogen) atoms. The van der Waals surface area contributed by atoms with Gasteiger partial charge in [-0.3, -0.25) is 4.79 Å². The van der Waals surface area contributed by atoms with Crippen LogP contribution in [0.15, 0.2) is 46.2 Å². The standard InChI is InChI=1S/C18H18Cl2N4O3S/c1-22-16(11-18(25)24-17(22)4-7-21-24)12-5-8-23(9-6-12)28(26,27)13-2-3-14(19)15(20)10-13/h2-4,7,10-12H,5-6,8-9H2,1H3. The van der Waals surface area contributed by atoms with Gasteiger partial charge in [-0.15, -0.1) is 0 Å². The smallest absolute Gasteiger partial charge is 0.274 e. The van der Waals surface area contributed by atoms with Gasteiger partial charge < -0.3 is 4.57 Å². The molecule has 148 valence electrons. The molecule has 1 aromatic carbocycles. The van der Waals surface area contributed by atoms with E-state index in [0.29, 0.717) is 36.6 Å². The second-order valence-electron chi connectivity index (χ2n) is 6.82. The maximum atomic E-state index is 12.9. The minimum atomic E-state index is -3.64. The zero-order chi connectivity index (χ0) is 20.1. The molecule has 2 aromatic heterocycles. The fraction of sp³-hybridized carbons (Fsp3) is 0.333. The number of fused-ring (bicyclic) bond motifs is 1. The van der Waals surface area contributed by atoms with Crippen LogP contribution in [0.4, 0.5) is 0 Å². The number of hydrogen-bond donors (Lipinski definition) is 0. The number of rotatable bonds is 3. The van der Waals surface area contributed by atoms with Gasteiger partial charge in [0, 0.05) is 43.9 Å². The lowest BCUT2D eigenvalue weighted by molar-refractivity contribution is 0.313. The topological polar surface area (TPSA) is 76.7 Å². The highest BCUT2D eigenvalue weighted by atomic mass is 35.5. The Labute approximate surface area is 172 Å². The van der Waals surface area contributed by atoms with Crippen molar-refractivity contribution in [2.45, 2.75) is 23.7 Å². The Bertz CT molecular complexity index is 1210. The summed E-state index contributed by atoms with van der Waals surface area (Å²) in [5.74, 6) is 0.0952. The van der Waals surface area contributed by atoms with E-state index in [1.165, 1.54) is 27.0 Å². The molecule has 0 unspecified atom stereocenters. The minimum Gasteiger partial charge on any atom is -0.333 e. The molecule has 3 aromatic rings. The van der Waals surface area contributed by atoms with Crippen LogP contribution in [-0.2, 0) is 17.1 Å². The molecule has 3 heterocycles. The molecule has 1 saturated heterocycles. The summed E-state index contributed by atoms with van der Waals surface area (Å²) in [6.45, 7) is 0.734. The van der Waals surface area contributed by atoms with Crippen LogP contribution in [0, 0.1) is 0 Å². The van der Waals surface area contributed by atoms with E-state index in [1.54, 1.807) is 18.3 Å². The van der Waals surface area contributed by atoms with Crippen molar-refractivity contribution in [3.05, 3.63) is 62.6 Å². The first kappa shape index (κ1) is 19.4. The van der Waals surface area contributed by atoms with Crippen LogP contribution in [0.3, 0.4) is 0 Å². The van der Waals surface area contributed by atoms with E-state index in [2.05, 4.69) is 5.10 Å². The second kappa shape index (κ2) is 7.18. The fourth-order valence-electron chi connectivity index (χ4n) is 3.71. The average molecular weight is 441 g/mol. The lowest BCUT2D eigenvalue weighted by Crippen LogP contribution is -2.38. The van der Waals surface area contributed by atoms with Crippen molar-refractivity contribution in [3.8, 4) is 0 Å². The van der Waals surface area contributed by atoms with Gasteiger partial charge in [-0.2, -0.15) is 13.9 Å². The molecule has 0 amide bonds. The highest BCUT2D eigenvalue weighted by molar-refractivity contribution is 7.89. The Kier molecular flexibility index (Phi) is 4.99. The van der Waals surface area contributed by atoms with Gasteiger partial charge in [0.05, 0.1) is 21.1 Å². The van der Waals surface area contributed by atoms with Crippen LogP contribution in [0.5, 0.6) is 0 Å². The van der Waals surface area contributed by atoms with Gasteiger partial charge in [-0.25, -0.2) is 8.42 Å². The summed E-state index contributed by atoms with van der Waals surface area (Å²) >= 11 is 11.9. The number of hydrogen-bond acceptors (Lipinski definition) is 4. The van der Waals surface area contributed by atoms with Gasteiger partial charge in [-0.05, 0) is 31.0 Å². The van der Waals surface area contributed by atoms with E-state index < -0.39 is 10.0 Å². The SMILES string of the molecule is Cn1c(C2CCN(S(=O)(=O)c3ccc(Cl)c(Cl)c3)CC2)cc(=O)n2nccc12. The fourth-order valence-corrected chi connectivity index (χ4v) is 5.57. The van der Waals surface area contributed by atoms with E-state index in [-0.39, 0.29) is 21.4 Å². The van der Waals surface area contributed by atoms with Gasteiger partial charge in [0.25, 0.3) is 5.56 Å². The number of aryl methyl sites for hydroxylation is 1. The Morgan fingerprint density at radius 2 is 1.79 bits per heavy atom. The summed E-state index contributed by atoms with van der Waals surface area (Å²) in [5.41, 5.74) is 1.43. The summed E-state index contributed by atoms with van der Waals surface area (Å²) in [5, 5.41) is 4.56. The molecule has 0 bridgehead atoms. The van der Waals surface area contributed by atoms with Crippen molar-refractivity contribution < 1.29 is 8.42 Å². The lowest BCUT2D eigenvalue weighted by atomic mass is 9.94. The zero-order valence-corrected chi connectivity index (χ0v) is 17.4. The molecule has 1 aliphatic rings. The van der Waals surface area contributed by atoms with Crippen LogP contribution in [0.1, 0.15) is 24.5 Å². The van der Waals surface area contributed by atoms with Gasteiger partial charge >= 0.3 is 0 Å². The maximum absolute atomic E-state index is 12.9. The summed E-state index contributed by atoms with van der Waals surface area (Å²) in [6.07, 6.45) is 2.84. The zero-order valence-electron chi connectivity index (χ0n) is 15.0. The van der Waals surface area contributed by atoms with Crippen LogP contribution < -0.4 is 5.56 Å². The van der Waals surface area contributed by atoms with Crippen molar-refractivity contribution in [3.63, 3.8) is 0 Å². The number of nitrogens with zero attached hydrogens (tertiary/aromatic N) is 4.